The van der Waals surface area contributed by atoms with E-state index in [9.17, 15) is 8.78 Å². The van der Waals surface area contributed by atoms with Gasteiger partial charge in [-0.15, -0.1) is 0 Å². The van der Waals surface area contributed by atoms with E-state index >= 15 is 0 Å². The van der Waals surface area contributed by atoms with E-state index in [2.05, 4.69) is 0 Å². The SMILES string of the molecule is NC1CCCCC(c2cccc(F)c2F)C1. The highest BCUT2D eigenvalue weighted by Crippen LogP contribution is 2.33. The average molecular weight is 225 g/mol. The molecule has 2 unspecified atom stereocenters. The quantitative estimate of drug-likeness (QED) is 0.729. The first-order valence-electron chi connectivity index (χ1n) is 5.88. The third-order valence-corrected chi connectivity index (χ3v) is 3.39. The molecule has 0 aromatic heterocycles. The van der Waals surface area contributed by atoms with Gasteiger partial charge in [0, 0.05) is 6.04 Å². The summed E-state index contributed by atoms with van der Waals surface area (Å²) < 4.78 is 26.8. The van der Waals surface area contributed by atoms with Gasteiger partial charge in [-0.2, -0.15) is 0 Å². The highest BCUT2D eigenvalue weighted by molar-refractivity contribution is 5.23. The molecule has 0 saturated heterocycles. The lowest BCUT2D eigenvalue weighted by Gasteiger charge is -2.18. The molecular formula is C13H17F2N. The minimum absolute atomic E-state index is 0.0770. The lowest BCUT2D eigenvalue weighted by Crippen LogP contribution is -2.21. The van der Waals surface area contributed by atoms with E-state index < -0.39 is 11.6 Å². The molecule has 1 aromatic rings. The normalized spacial score (nSPS) is 26.4. The molecule has 2 atom stereocenters. The highest BCUT2D eigenvalue weighted by Gasteiger charge is 2.22. The van der Waals surface area contributed by atoms with Gasteiger partial charge in [0.1, 0.15) is 0 Å². The van der Waals surface area contributed by atoms with E-state index in [1.807, 2.05) is 0 Å². The van der Waals surface area contributed by atoms with Crippen molar-refractivity contribution < 1.29 is 8.78 Å². The van der Waals surface area contributed by atoms with Crippen LogP contribution in [0.2, 0.25) is 0 Å². The second-order valence-electron chi connectivity index (χ2n) is 4.62. The first kappa shape index (κ1) is 11.5. The Bertz CT molecular complexity index is 365. The predicted molar refractivity (Wildman–Crippen MR) is 60.2 cm³/mol. The van der Waals surface area contributed by atoms with E-state index in [0.29, 0.717) is 5.56 Å². The zero-order valence-corrected chi connectivity index (χ0v) is 9.26. The van der Waals surface area contributed by atoms with Gasteiger partial charge in [-0.25, -0.2) is 8.78 Å². The van der Waals surface area contributed by atoms with Crippen LogP contribution in [0.1, 0.15) is 43.6 Å². The van der Waals surface area contributed by atoms with Crippen LogP contribution < -0.4 is 5.73 Å². The molecule has 1 aromatic carbocycles. The van der Waals surface area contributed by atoms with Crippen LogP contribution in [0.25, 0.3) is 0 Å². The fourth-order valence-electron chi connectivity index (χ4n) is 2.52. The van der Waals surface area contributed by atoms with Gasteiger partial charge >= 0.3 is 0 Å². The summed E-state index contributed by atoms with van der Waals surface area (Å²) in [6, 6.07) is 4.54. The van der Waals surface area contributed by atoms with E-state index in [4.69, 9.17) is 5.73 Å². The van der Waals surface area contributed by atoms with Crippen molar-refractivity contribution in [3.63, 3.8) is 0 Å². The minimum atomic E-state index is -0.754. The summed E-state index contributed by atoms with van der Waals surface area (Å²) in [4.78, 5) is 0. The topological polar surface area (TPSA) is 26.0 Å². The van der Waals surface area contributed by atoms with Gasteiger partial charge in [-0.05, 0) is 36.8 Å². The van der Waals surface area contributed by atoms with Crippen molar-refractivity contribution in [2.24, 2.45) is 5.73 Å². The van der Waals surface area contributed by atoms with Gasteiger partial charge in [0.2, 0.25) is 0 Å². The zero-order chi connectivity index (χ0) is 11.5. The molecule has 2 rings (SSSR count). The van der Waals surface area contributed by atoms with Crippen molar-refractivity contribution in [3.8, 4) is 0 Å². The Kier molecular flexibility index (Phi) is 3.54. The molecule has 0 amide bonds. The predicted octanol–water partition coefficient (Wildman–Crippen LogP) is 3.34. The Morgan fingerprint density at radius 2 is 1.88 bits per heavy atom. The molecule has 0 spiro atoms. The van der Waals surface area contributed by atoms with Crippen LogP contribution in [0.4, 0.5) is 8.78 Å². The summed E-state index contributed by atoms with van der Waals surface area (Å²) in [6.45, 7) is 0. The number of hydrogen-bond donors (Lipinski definition) is 1. The number of nitrogens with two attached hydrogens (primary N) is 1. The van der Waals surface area contributed by atoms with Crippen molar-refractivity contribution in [2.75, 3.05) is 0 Å². The average Bonchev–Trinajstić information content (AvgIpc) is 2.47. The van der Waals surface area contributed by atoms with Gasteiger partial charge in [0.05, 0.1) is 0 Å². The third kappa shape index (κ3) is 2.40. The van der Waals surface area contributed by atoms with Crippen LogP contribution in [0, 0.1) is 11.6 Å². The molecule has 88 valence electrons. The summed E-state index contributed by atoms with van der Waals surface area (Å²) >= 11 is 0. The monoisotopic (exact) mass is 225 g/mol. The molecule has 0 heterocycles. The van der Waals surface area contributed by atoms with E-state index in [1.165, 1.54) is 0 Å². The van der Waals surface area contributed by atoms with Gasteiger partial charge in [0.15, 0.2) is 11.6 Å². The Balaban J connectivity index is 2.24. The Morgan fingerprint density at radius 3 is 2.69 bits per heavy atom. The van der Waals surface area contributed by atoms with E-state index in [-0.39, 0.29) is 12.0 Å². The largest absolute Gasteiger partial charge is 0.328 e. The Morgan fingerprint density at radius 1 is 1.12 bits per heavy atom. The zero-order valence-electron chi connectivity index (χ0n) is 9.26. The molecule has 16 heavy (non-hydrogen) atoms. The maximum atomic E-state index is 13.6. The molecule has 1 fully saturated rings. The second kappa shape index (κ2) is 4.91. The molecule has 0 aliphatic heterocycles. The summed E-state index contributed by atoms with van der Waals surface area (Å²) in [5.41, 5.74) is 6.43. The molecule has 1 aliphatic carbocycles. The minimum Gasteiger partial charge on any atom is -0.328 e. The maximum Gasteiger partial charge on any atom is 0.162 e. The first-order chi connectivity index (χ1) is 7.68. The summed E-state index contributed by atoms with van der Waals surface area (Å²) in [7, 11) is 0. The van der Waals surface area contributed by atoms with Crippen molar-refractivity contribution in [1.29, 1.82) is 0 Å². The number of halogens is 2. The summed E-state index contributed by atoms with van der Waals surface area (Å²) in [5.74, 6) is -1.37. The van der Waals surface area contributed by atoms with Gasteiger partial charge < -0.3 is 5.73 Å². The fourth-order valence-corrected chi connectivity index (χ4v) is 2.52. The van der Waals surface area contributed by atoms with Crippen LogP contribution in [0.5, 0.6) is 0 Å². The maximum absolute atomic E-state index is 13.6. The Hall–Kier alpha value is -0.960. The molecule has 0 radical (unpaired) electrons. The molecule has 1 aliphatic rings. The molecule has 3 heteroatoms. The van der Waals surface area contributed by atoms with Crippen molar-refractivity contribution in [3.05, 3.63) is 35.4 Å². The van der Waals surface area contributed by atoms with Gasteiger partial charge in [-0.3, -0.25) is 0 Å². The molecular weight excluding hydrogens is 208 g/mol. The highest BCUT2D eigenvalue weighted by atomic mass is 19.2. The lowest BCUT2D eigenvalue weighted by molar-refractivity contribution is 0.466. The summed E-state index contributed by atoms with van der Waals surface area (Å²) in [5, 5.41) is 0. The molecule has 1 nitrogen and oxygen atoms in total. The van der Waals surface area contributed by atoms with Crippen LogP contribution in [0.15, 0.2) is 18.2 Å². The standard InChI is InChI=1S/C13H17F2N/c14-12-7-3-6-11(13(12)15)9-4-1-2-5-10(16)8-9/h3,6-7,9-10H,1-2,4-5,8,16H2. The number of hydrogen-bond acceptors (Lipinski definition) is 1. The number of benzene rings is 1. The van der Waals surface area contributed by atoms with Crippen molar-refractivity contribution in [2.45, 2.75) is 44.1 Å². The number of rotatable bonds is 1. The summed E-state index contributed by atoms with van der Waals surface area (Å²) in [6.07, 6.45) is 4.81. The molecule has 2 N–H and O–H groups in total. The van der Waals surface area contributed by atoms with Crippen molar-refractivity contribution in [1.82, 2.24) is 0 Å². The van der Waals surface area contributed by atoms with Gasteiger partial charge in [0.25, 0.3) is 0 Å². The smallest absolute Gasteiger partial charge is 0.162 e. The van der Waals surface area contributed by atoms with Gasteiger partial charge in [-0.1, -0.05) is 25.0 Å². The van der Waals surface area contributed by atoms with E-state index in [0.717, 1.165) is 38.2 Å². The third-order valence-electron chi connectivity index (χ3n) is 3.39. The van der Waals surface area contributed by atoms with Crippen LogP contribution in [-0.4, -0.2) is 6.04 Å². The van der Waals surface area contributed by atoms with E-state index in [1.54, 1.807) is 12.1 Å². The first-order valence-corrected chi connectivity index (χ1v) is 5.88. The second-order valence-corrected chi connectivity index (χ2v) is 4.62. The van der Waals surface area contributed by atoms with Crippen LogP contribution in [0.3, 0.4) is 0 Å². The molecule has 1 saturated carbocycles. The Labute approximate surface area is 94.7 Å². The van der Waals surface area contributed by atoms with Crippen LogP contribution >= 0.6 is 0 Å². The lowest BCUT2D eigenvalue weighted by atomic mass is 9.90. The van der Waals surface area contributed by atoms with Crippen LogP contribution in [-0.2, 0) is 0 Å². The van der Waals surface area contributed by atoms with Crippen molar-refractivity contribution >= 4 is 0 Å². The molecule has 0 bridgehead atoms. The fraction of sp³-hybridized carbons (Fsp3) is 0.538.